The van der Waals surface area contributed by atoms with Crippen LogP contribution < -0.4 is 16.2 Å². The predicted molar refractivity (Wildman–Crippen MR) is 127 cm³/mol. The van der Waals surface area contributed by atoms with Gasteiger partial charge in [0.05, 0.1) is 5.69 Å². The molecule has 0 saturated heterocycles. The SMILES string of the molecule is Nc1ccc(Oc2ccc(-c3ccc(C=CC(=O)c4ccccc4)cc3)cc2)c(N)c1. The van der Waals surface area contributed by atoms with E-state index in [0.717, 1.165) is 16.7 Å². The van der Waals surface area contributed by atoms with Crippen LogP contribution in [0.3, 0.4) is 0 Å². The van der Waals surface area contributed by atoms with Crippen LogP contribution in [-0.2, 0) is 0 Å². The predicted octanol–water partition coefficient (Wildman–Crippen LogP) is 6.21. The topological polar surface area (TPSA) is 78.3 Å². The third-order valence-electron chi connectivity index (χ3n) is 4.85. The van der Waals surface area contributed by atoms with Crippen LogP contribution in [0.15, 0.2) is 103 Å². The van der Waals surface area contributed by atoms with Crippen molar-refractivity contribution in [1.29, 1.82) is 0 Å². The summed E-state index contributed by atoms with van der Waals surface area (Å²) in [6, 6.07) is 30.2. The second-order valence-electron chi connectivity index (χ2n) is 7.11. The molecule has 31 heavy (non-hydrogen) atoms. The van der Waals surface area contributed by atoms with Gasteiger partial charge in [0.2, 0.25) is 0 Å². The molecule has 0 aliphatic heterocycles. The molecule has 0 radical (unpaired) electrons. The number of nitrogens with two attached hydrogens (primary N) is 2. The van der Waals surface area contributed by atoms with Crippen molar-refractivity contribution >= 4 is 23.2 Å². The number of ether oxygens (including phenoxy) is 1. The number of carbonyl (C=O) groups excluding carboxylic acids is 1. The molecule has 4 rings (SSSR count). The molecule has 0 aliphatic rings. The minimum Gasteiger partial charge on any atom is -0.455 e. The normalized spacial score (nSPS) is 10.8. The summed E-state index contributed by atoms with van der Waals surface area (Å²) in [5, 5.41) is 0. The van der Waals surface area contributed by atoms with Gasteiger partial charge in [-0.25, -0.2) is 0 Å². The molecule has 0 spiro atoms. The summed E-state index contributed by atoms with van der Waals surface area (Å²) in [6.07, 6.45) is 3.42. The largest absolute Gasteiger partial charge is 0.455 e. The number of anilines is 2. The molecule has 4 nitrogen and oxygen atoms in total. The van der Waals surface area contributed by atoms with E-state index in [9.17, 15) is 4.79 Å². The van der Waals surface area contributed by atoms with Crippen LogP contribution in [0.25, 0.3) is 17.2 Å². The maximum absolute atomic E-state index is 12.2. The molecule has 0 bridgehead atoms. The minimum atomic E-state index is -0.0120. The van der Waals surface area contributed by atoms with Gasteiger partial charge in [-0.05, 0) is 53.1 Å². The van der Waals surface area contributed by atoms with Crippen molar-refractivity contribution in [3.63, 3.8) is 0 Å². The lowest BCUT2D eigenvalue weighted by atomic mass is 10.0. The third-order valence-corrected chi connectivity index (χ3v) is 4.85. The Morgan fingerprint density at radius 2 is 1.39 bits per heavy atom. The number of carbonyl (C=O) groups is 1. The Morgan fingerprint density at radius 3 is 2.03 bits per heavy atom. The van der Waals surface area contributed by atoms with E-state index in [1.807, 2.05) is 84.9 Å². The molecular formula is C27H22N2O2. The fourth-order valence-corrected chi connectivity index (χ4v) is 3.16. The highest BCUT2D eigenvalue weighted by atomic mass is 16.5. The Labute approximate surface area is 181 Å². The summed E-state index contributed by atoms with van der Waals surface area (Å²) in [5.74, 6) is 1.25. The van der Waals surface area contributed by atoms with Crippen LogP contribution in [0, 0.1) is 0 Å². The summed E-state index contributed by atoms with van der Waals surface area (Å²) in [6.45, 7) is 0. The number of ketones is 1. The lowest BCUT2D eigenvalue weighted by Gasteiger charge is -2.10. The fourth-order valence-electron chi connectivity index (χ4n) is 3.16. The van der Waals surface area contributed by atoms with Gasteiger partial charge in [-0.3, -0.25) is 4.79 Å². The van der Waals surface area contributed by atoms with Crippen molar-refractivity contribution in [1.82, 2.24) is 0 Å². The number of hydrogen-bond acceptors (Lipinski definition) is 4. The lowest BCUT2D eigenvalue weighted by Crippen LogP contribution is -1.94. The first kappa shape index (κ1) is 20.0. The van der Waals surface area contributed by atoms with Crippen molar-refractivity contribution in [2.24, 2.45) is 0 Å². The van der Waals surface area contributed by atoms with Gasteiger partial charge in [-0.15, -0.1) is 0 Å². The van der Waals surface area contributed by atoms with Crippen molar-refractivity contribution < 1.29 is 9.53 Å². The maximum Gasteiger partial charge on any atom is 0.185 e. The first-order valence-corrected chi connectivity index (χ1v) is 9.89. The van der Waals surface area contributed by atoms with E-state index >= 15 is 0 Å². The molecule has 4 heteroatoms. The van der Waals surface area contributed by atoms with Crippen LogP contribution in [-0.4, -0.2) is 5.78 Å². The van der Waals surface area contributed by atoms with Crippen LogP contribution >= 0.6 is 0 Å². The Kier molecular flexibility index (Phi) is 5.81. The van der Waals surface area contributed by atoms with E-state index in [1.54, 1.807) is 24.3 Å². The molecule has 0 aliphatic carbocycles. The summed E-state index contributed by atoms with van der Waals surface area (Å²) in [4.78, 5) is 12.2. The lowest BCUT2D eigenvalue weighted by molar-refractivity contribution is 0.104. The first-order valence-electron chi connectivity index (χ1n) is 9.89. The zero-order valence-electron chi connectivity index (χ0n) is 16.9. The summed E-state index contributed by atoms with van der Waals surface area (Å²) in [7, 11) is 0. The number of rotatable bonds is 6. The molecule has 0 saturated carbocycles. The molecule has 4 aromatic rings. The number of hydrogen-bond donors (Lipinski definition) is 2. The Morgan fingerprint density at radius 1 is 0.742 bits per heavy atom. The van der Waals surface area contributed by atoms with Crippen molar-refractivity contribution in [2.45, 2.75) is 0 Å². The van der Waals surface area contributed by atoms with Crippen molar-refractivity contribution in [3.05, 3.63) is 114 Å². The first-order chi connectivity index (χ1) is 15.1. The van der Waals surface area contributed by atoms with Gasteiger partial charge < -0.3 is 16.2 Å². The van der Waals surface area contributed by atoms with Crippen molar-refractivity contribution in [3.8, 4) is 22.6 Å². The van der Waals surface area contributed by atoms with E-state index in [4.69, 9.17) is 16.2 Å². The molecule has 0 aromatic heterocycles. The van der Waals surface area contributed by atoms with E-state index < -0.39 is 0 Å². The minimum absolute atomic E-state index is 0.0120. The van der Waals surface area contributed by atoms with Crippen LogP contribution in [0.2, 0.25) is 0 Å². The number of nitrogen functional groups attached to an aromatic ring is 2. The Hall–Kier alpha value is -4.31. The van der Waals surface area contributed by atoms with Gasteiger partial charge >= 0.3 is 0 Å². The van der Waals surface area contributed by atoms with Crippen LogP contribution in [0.4, 0.5) is 11.4 Å². The smallest absolute Gasteiger partial charge is 0.185 e. The summed E-state index contributed by atoms with van der Waals surface area (Å²) >= 11 is 0. The van der Waals surface area contributed by atoms with Gasteiger partial charge in [0.15, 0.2) is 5.78 Å². The van der Waals surface area contributed by atoms with E-state index in [2.05, 4.69) is 0 Å². The Bertz CT molecular complexity index is 1210. The molecule has 0 fully saturated rings. The molecule has 0 heterocycles. The zero-order valence-corrected chi connectivity index (χ0v) is 16.9. The Balaban J connectivity index is 1.43. The average molecular weight is 406 g/mol. The maximum atomic E-state index is 12.2. The molecule has 152 valence electrons. The summed E-state index contributed by atoms with van der Waals surface area (Å²) < 4.78 is 5.84. The van der Waals surface area contributed by atoms with Gasteiger partial charge in [0, 0.05) is 11.3 Å². The molecule has 0 unspecified atom stereocenters. The molecule has 4 N–H and O–H groups in total. The van der Waals surface area contributed by atoms with E-state index in [0.29, 0.717) is 28.4 Å². The van der Waals surface area contributed by atoms with E-state index in [-0.39, 0.29) is 5.78 Å². The highest BCUT2D eigenvalue weighted by Crippen LogP contribution is 2.30. The standard InChI is InChI=1S/C27H22N2O2/c28-23-13-17-27(25(29)18-23)31-24-14-11-21(12-15-24)20-9-6-19(7-10-20)8-16-26(30)22-4-2-1-3-5-22/h1-18H,28-29H2. The second-order valence-corrected chi connectivity index (χ2v) is 7.11. The van der Waals surface area contributed by atoms with Crippen LogP contribution in [0.1, 0.15) is 15.9 Å². The summed E-state index contributed by atoms with van der Waals surface area (Å²) in [5.41, 5.74) is 16.5. The van der Waals surface area contributed by atoms with Gasteiger partial charge in [-0.2, -0.15) is 0 Å². The highest BCUT2D eigenvalue weighted by Gasteiger charge is 2.04. The van der Waals surface area contributed by atoms with E-state index in [1.165, 1.54) is 0 Å². The van der Waals surface area contributed by atoms with Gasteiger partial charge in [-0.1, -0.05) is 72.8 Å². The van der Waals surface area contributed by atoms with Crippen LogP contribution in [0.5, 0.6) is 11.5 Å². The fraction of sp³-hybridized carbons (Fsp3) is 0. The third kappa shape index (κ3) is 5.00. The quantitative estimate of drug-likeness (QED) is 0.227. The highest BCUT2D eigenvalue weighted by molar-refractivity contribution is 6.06. The monoisotopic (exact) mass is 406 g/mol. The second kappa shape index (κ2) is 9.01. The molecule has 4 aromatic carbocycles. The van der Waals surface area contributed by atoms with Crippen molar-refractivity contribution in [2.75, 3.05) is 11.5 Å². The van der Waals surface area contributed by atoms with Gasteiger partial charge in [0.25, 0.3) is 0 Å². The number of allylic oxidation sites excluding steroid dienone is 1. The zero-order chi connectivity index (χ0) is 21.6. The molecular weight excluding hydrogens is 384 g/mol. The molecule has 0 amide bonds. The van der Waals surface area contributed by atoms with Gasteiger partial charge in [0.1, 0.15) is 11.5 Å². The average Bonchev–Trinajstić information content (AvgIpc) is 2.81. The number of benzene rings is 4. The molecule has 0 atom stereocenters.